The lowest BCUT2D eigenvalue weighted by atomic mass is 9.94. The summed E-state index contributed by atoms with van der Waals surface area (Å²) in [4.78, 5) is 0. The first-order valence-corrected chi connectivity index (χ1v) is 6.30. The van der Waals surface area contributed by atoms with E-state index in [-0.39, 0.29) is 30.2 Å². The van der Waals surface area contributed by atoms with Crippen molar-refractivity contribution in [3.8, 4) is 0 Å². The second-order valence-corrected chi connectivity index (χ2v) is 5.52. The first-order chi connectivity index (χ1) is 7.21. The van der Waals surface area contributed by atoms with Crippen molar-refractivity contribution in [1.82, 2.24) is 5.32 Å². The van der Waals surface area contributed by atoms with E-state index < -0.39 is 5.92 Å². The third-order valence-corrected chi connectivity index (χ3v) is 4.68. The van der Waals surface area contributed by atoms with Crippen LogP contribution in [0.5, 0.6) is 0 Å². The van der Waals surface area contributed by atoms with Crippen LogP contribution in [-0.2, 0) is 0 Å². The number of hydrogen-bond donors (Lipinski definition) is 1. The van der Waals surface area contributed by atoms with E-state index in [1.54, 1.807) is 0 Å². The van der Waals surface area contributed by atoms with Crippen LogP contribution in [0.2, 0.25) is 0 Å². The van der Waals surface area contributed by atoms with Gasteiger partial charge < -0.3 is 5.32 Å². The largest absolute Gasteiger partial charge is 0.316 e. The molecule has 3 fully saturated rings. The van der Waals surface area contributed by atoms with Gasteiger partial charge in [0.05, 0.1) is 0 Å². The summed E-state index contributed by atoms with van der Waals surface area (Å²) in [5.74, 6) is -2.28. The summed E-state index contributed by atoms with van der Waals surface area (Å²) in [6, 6.07) is 0. The number of alkyl halides is 2. The Morgan fingerprint density at radius 2 is 1.56 bits per heavy atom. The minimum Gasteiger partial charge on any atom is -0.316 e. The van der Waals surface area contributed by atoms with Gasteiger partial charge in [0, 0.05) is 11.8 Å². The van der Waals surface area contributed by atoms with Gasteiger partial charge in [-0.3, -0.25) is 0 Å². The average molecular weight is 252 g/mol. The summed E-state index contributed by atoms with van der Waals surface area (Å²) >= 11 is 0. The molecule has 0 amide bonds. The first kappa shape index (κ1) is 12.6. The minimum atomic E-state index is -2.33. The molecule has 4 heteroatoms. The third kappa shape index (κ3) is 1.86. The molecule has 1 aliphatic heterocycles. The second-order valence-electron chi connectivity index (χ2n) is 5.52. The van der Waals surface area contributed by atoms with Gasteiger partial charge in [0.2, 0.25) is 0 Å². The second kappa shape index (κ2) is 4.41. The molecule has 3 unspecified atom stereocenters. The molecule has 2 saturated carbocycles. The zero-order chi connectivity index (χ0) is 10.5. The molecule has 3 aliphatic rings. The van der Waals surface area contributed by atoms with Crippen molar-refractivity contribution in [2.45, 2.75) is 38.0 Å². The quantitative estimate of drug-likeness (QED) is 0.795. The molecule has 0 aromatic carbocycles. The fourth-order valence-corrected chi connectivity index (χ4v) is 3.89. The summed E-state index contributed by atoms with van der Waals surface area (Å²) in [5.41, 5.74) is 0. The maximum absolute atomic E-state index is 13.7. The molecule has 0 aromatic rings. The number of nitrogens with one attached hydrogen (secondary N) is 1. The Labute approximate surface area is 102 Å². The van der Waals surface area contributed by atoms with Crippen LogP contribution in [0.25, 0.3) is 0 Å². The summed E-state index contributed by atoms with van der Waals surface area (Å²) < 4.78 is 27.5. The van der Waals surface area contributed by atoms with Crippen molar-refractivity contribution >= 4 is 12.4 Å². The van der Waals surface area contributed by atoms with Gasteiger partial charge >= 0.3 is 0 Å². The van der Waals surface area contributed by atoms with Gasteiger partial charge in [0.25, 0.3) is 5.92 Å². The Morgan fingerprint density at radius 3 is 2.12 bits per heavy atom. The van der Waals surface area contributed by atoms with Gasteiger partial charge in [-0.1, -0.05) is 12.8 Å². The summed E-state index contributed by atoms with van der Waals surface area (Å²) in [7, 11) is 0. The fraction of sp³-hybridized carbons (Fsp3) is 1.00. The minimum absolute atomic E-state index is 0. The first-order valence-electron chi connectivity index (χ1n) is 6.30. The molecule has 3 rings (SSSR count). The molecule has 0 spiro atoms. The zero-order valence-electron chi connectivity index (χ0n) is 9.42. The number of rotatable bonds is 2. The maximum atomic E-state index is 13.7. The van der Waals surface area contributed by atoms with Crippen molar-refractivity contribution in [1.29, 1.82) is 0 Å². The molecule has 0 bridgehead atoms. The standard InChI is InChI=1S/C12H19F2N.ClH/c13-12(14)10(8-3-1-2-4-8)11(12)9-5-6-15-7-9;/h8-11,15H,1-7H2;1H. The van der Waals surface area contributed by atoms with Crippen LogP contribution in [0.4, 0.5) is 8.78 Å². The highest BCUT2D eigenvalue weighted by atomic mass is 35.5. The molecule has 94 valence electrons. The predicted octanol–water partition coefficient (Wildman–Crippen LogP) is 3.09. The maximum Gasteiger partial charge on any atom is 0.255 e. The van der Waals surface area contributed by atoms with E-state index in [0.717, 1.165) is 32.4 Å². The molecule has 1 heterocycles. The van der Waals surface area contributed by atoms with Crippen LogP contribution in [0, 0.1) is 23.7 Å². The Morgan fingerprint density at radius 1 is 0.938 bits per heavy atom. The highest BCUT2D eigenvalue weighted by Crippen LogP contribution is 2.65. The van der Waals surface area contributed by atoms with Crippen LogP contribution in [0.15, 0.2) is 0 Å². The van der Waals surface area contributed by atoms with Crippen LogP contribution in [0.1, 0.15) is 32.1 Å². The Balaban J connectivity index is 0.000000963. The Bertz CT molecular complexity index is 223. The lowest BCUT2D eigenvalue weighted by molar-refractivity contribution is 0.0673. The van der Waals surface area contributed by atoms with Crippen molar-refractivity contribution in [2.24, 2.45) is 23.7 Å². The lowest BCUT2D eigenvalue weighted by Gasteiger charge is -2.08. The number of halogens is 3. The van der Waals surface area contributed by atoms with Gasteiger partial charge in [-0.2, -0.15) is 0 Å². The van der Waals surface area contributed by atoms with Gasteiger partial charge in [0.15, 0.2) is 0 Å². The monoisotopic (exact) mass is 251 g/mol. The molecule has 2 aliphatic carbocycles. The van der Waals surface area contributed by atoms with E-state index >= 15 is 0 Å². The molecular formula is C12H20ClF2N. The smallest absolute Gasteiger partial charge is 0.255 e. The third-order valence-electron chi connectivity index (χ3n) is 4.68. The van der Waals surface area contributed by atoms with Crippen LogP contribution < -0.4 is 5.32 Å². The molecular weight excluding hydrogens is 232 g/mol. The van der Waals surface area contributed by atoms with Crippen molar-refractivity contribution < 1.29 is 8.78 Å². The van der Waals surface area contributed by atoms with Gasteiger partial charge in [-0.15, -0.1) is 12.4 Å². The van der Waals surface area contributed by atoms with Crippen molar-refractivity contribution in [3.63, 3.8) is 0 Å². The van der Waals surface area contributed by atoms with Gasteiger partial charge in [-0.05, 0) is 44.2 Å². The lowest BCUT2D eigenvalue weighted by Crippen LogP contribution is -2.13. The molecule has 1 nitrogen and oxygen atoms in total. The predicted molar refractivity (Wildman–Crippen MR) is 62.1 cm³/mol. The topological polar surface area (TPSA) is 12.0 Å². The van der Waals surface area contributed by atoms with Crippen molar-refractivity contribution in [2.75, 3.05) is 13.1 Å². The normalized spacial score (nSPS) is 42.0. The molecule has 0 aromatic heterocycles. The molecule has 1 saturated heterocycles. The highest BCUT2D eigenvalue weighted by molar-refractivity contribution is 5.85. The van der Waals surface area contributed by atoms with Crippen LogP contribution in [-0.4, -0.2) is 19.0 Å². The highest BCUT2D eigenvalue weighted by Gasteiger charge is 2.72. The number of hydrogen-bond acceptors (Lipinski definition) is 1. The molecule has 1 N–H and O–H groups in total. The Hall–Kier alpha value is 0.110. The van der Waals surface area contributed by atoms with E-state index in [2.05, 4.69) is 5.32 Å². The molecule has 0 radical (unpaired) electrons. The zero-order valence-corrected chi connectivity index (χ0v) is 10.2. The van der Waals surface area contributed by atoms with E-state index in [0.29, 0.717) is 5.92 Å². The van der Waals surface area contributed by atoms with Crippen LogP contribution >= 0.6 is 12.4 Å². The average Bonchev–Trinajstić information content (AvgIpc) is 2.78. The van der Waals surface area contributed by atoms with Gasteiger partial charge in [-0.25, -0.2) is 8.78 Å². The molecule has 3 atom stereocenters. The van der Waals surface area contributed by atoms with Crippen LogP contribution in [0.3, 0.4) is 0 Å². The fourth-order valence-electron chi connectivity index (χ4n) is 3.89. The molecule has 16 heavy (non-hydrogen) atoms. The summed E-state index contributed by atoms with van der Waals surface area (Å²) in [6.07, 6.45) is 5.41. The summed E-state index contributed by atoms with van der Waals surface area (Å²) in [6.45, 7) is 1.76. The van der Waals surface area contributed by atoms with Crippen molar-refractivity contribution in [3.05, 3.63) is 0 Å². The van der Waals surface area contributed by atoms with Gasteiger partial charge in [0.1, 0.15) is 0 Å². The SMILES string of the molecule is Cl.FC1(F)C(C2CCCC2)C1C1CCNC1. The Kier molecular flexibility index (Phi) is 3.47. The van der Waals surface area contributed by atoms with E-state index in [1.807, 2.05) is 0 Å². The van der Waals surface area contributed by atoms with E-state index in [1.165, 1.54) is 12.8 Å². The van der Waals surface area contributed by atoms with E-state index in [4.69, 9.17) is 0 Å². The summed E-state index contributed by atoms with van der Waals surface area (Å²) in [5, 5.41) is 3.21. The van der Waals surface area contributed by atoms with E-state index in [9.17, 15) is 8.78 Å².